The van der Waals surface area contributed by atoms with Crippen LogP contribution >= 0.6 is 0 Å². The first-order valence-corrected chi connectivity index (χ1v) is 20.9. The van der Waals surface area contributed by atoms with Gasteiger partial charge < -0.3 is 69.5 Å². The molecule has 0 aromatic rings. The molecule has 0 bridgehead atoms. The number of nitrogens with zero attached hydrogens (tertiary/aromatic N) is 1. The highest BCUT2D eigenvalue weighted by molar-refractivity contribution is 5.73. The van der Waals surface area contributed by atoms with Gasteiger partial charge in [0.15, 0.2) is 12.6 Å². The molecule has 3 saturated heterocycles. The first-order valence-electron chi connectivity index (χ1n) is 20.9. The lowest BCUT2D eigenvalue weighted by molar-refractivity contribution is -0.336. The first kappa shape index (κ1) is 49.3. The van der Waals surface area contributed by atoms with Crippen LogP contribution < -0.4 is 10.6 Å². The summed E-state index contributed by atoms with van der Waals surface area (Å²) < 4.78 is 38.3. The monoisotopic (exact) mass is 806 g/mol. The van der Waals surface area contributed by atoms with E-state index in [2.05, 4.69) is 10.6 Å². The third kappa shape index (κ3) is 11.0. The van der Waals surface area contributed by atoms with E-state index in [9.17, 15) is 30.3 Å². The van der Waals surface area contributed by atoms with Crippen molar-refractivity contribution in [2.75, 3.05) is 40.8 Å². The van der Waals surface area contributed by atoms with Gasteiger partial charge in [0.1, 0.15) is 35.1 Å². The molecule has 0 aromatic heterocycles. The SMILES string of the molecule is CCCNC[C@@]1(O)[C@@H](C)O[C@H](O[C@H]2C(C)[C@@H](O[C@@H]3O[C@H](C)C[C@H](N(C)C)[C@H]3O)[C@](C)(O)C[C@@H](C)CN[C@H](C)[C@@H](O)[C@](C)(O)[C@@H](CC)OC(=O)[C@@H]2C)C[C@]1(C)OC. The number of rotatable bonds is 11. The van der Waals surface area contributed by atoms with Gasteiger partial charge in [-0.2, -0.15) is 0 Å². The second-order valence-electron chi connectivity index (χ2n) is 18.2. The fraction of sp³-hybridized carbons (Fsp3) is 0.976. The summed E-state index contributed by atoms with van der Waals surface area (Å²) in [5.41, 5.74) is -5.95. The van der Waals surface area contributed by atoms with Crippen LogP contribution in [0.5, 0.6) is 0 Å². The molecule has 18 atom stereocenters. The van der Waals surface area contributed by atoms with Crippen molar-refractivity contribution in [3.8, 4) is 0 Å². The van der Waals surface area contributed by atoms with Gasteiger partial charge in [-0.05, 0) is 107 Å². The Morgan fingerprint density at radius 1 is 0.964 bits per heavy atom. The molecule has 1 unspecified atom stereocenters. The molecule has 330 valence electrons. The Bertz CT molecular complexity index is 1230. The van der Waals surface area contributed by atoms with Crippen molar-refractivity contribution in [3.05, 3.63) is 0 Å². The Morgan fingerprint density at radius 3 is 2.18 bits per heavy atom. The van der Waals surface area contributed by atoms with Crippen molar-refractivity contribution >= 4 is 5.97 Å². The number of hydrogen-bond donors (Lipinski definition) is 7. The van der Waals surface area contributed by atoms with E-state index >= 15 is 0 Å². The Hall–Kier alpha value is -1.05. The molecular formula is C41H79N3O12. The van der Waals surface area contributed by atoms with Gasteiger partial charge in [-0.15, -0.1) is 0 Å². The Labute approximate surface area is 336 Å². The molecule has 3 aliphatic rings. The summed E-state index contributed by atoms with van der Waals surface area (Å²) in [6.45, 7) is 20.9. The number of cyclic esters (lactones) is 1. The molecule has 0 amide bonds. The van der Waals surface area contributed by atoms with E-state index in [1.807, 2.05) is 53.6 Å². The van der Waals surface area contributed by atoms with Crippen LogP contribution in [0.15, 0.2) is 0 Å². The number of esters is 1. The third-order valence-electron chi connectivity index (χ3n) is 13.0. The highest BCUT2D eigenvalue weighted by atomic mass is 16.7. The van der Waals surface area contributed by atoms with Crippen molar-refractivity contribution in [1.29, 1.82) is 0 Å². The van der Waals surface area contributed by atoms with E-state index < -0.39 is 95.5 Å². The van der Waals surface area contributed by atoms with E-state index in [0.29, 0.717) is 19.5 Å². The molecule has 0 radical (unpaired) electrons. The minimum Gasteiger partial charge on any atom is -0.459 e. The van der Waals surface area contributed by atoms with E-state index in [1.54, 1.807) is 34.6 Å². The predicted octanol–water partition coefficient (Wildman–Crippen LogP) is 1.93. The van der Waals surface area contributed by atoms with Crippen LogP contribution in [-0.2, 0) is 33.2 Å². The van der Waals surface area contributed by atoms with E-state index in [-0.39, 0.29) is 43.9 Å². The summed E-state index contributed by atoms with van der Waals surface area (Å²) >= 11 is 0. The number of carbonyl (C=O) groups excluding carboxylic acids is 1. The number of methoxy groups -OCH3 is 1. The third-order valence-corrected chi connectivity index (χ3v) is 13.0. The lowest BCUT2D eigenvalue weighted by Gasteiger charge is -2.53. The number of aliphatic hydroxyl groups is 5. The predicted molar refractivity (Wildman–Crippen MR) is 212 cm³/mol. The van der Waals surface area contributed by atoms with Crippen LogP contribution in [0.25, 0.3) is 0 Å². The zero-order valence-electron chi connectivity index (χ0n) is 36.8. The van der Waals surface area contributed by atoms with Crippen molar-refractivity contribution in [3.63, 3.8) is 0 Å². The van der Waals surface area contributed by atoms with Crippen molar-refractivity contribution in [2.45, 2.75) is 198 Å². The van der Waals surface area contributed by atoms with Crippen molar-refractivity contribution in [2.24, 2.45) is 17.8 Å². The Balaban J connectivity index is 2.16. The maximum Gasteiger partial charge on any atom is 0.311 e. The van der Waals surface area contributed by atoms with Gasteiger partial charge in [-0.3, -0.25) is 4.79 Å². The van der Waals surface area contributed by atoms with Gasteiger partial charge in [0.05, 0.1) is 35.9 Å². The summed E-state index contributed by atoms with van der Waals surface area (Å²) in [6, 6.07) is -0.877. The minimum atomic E-state index is -1.81. The van der Waals surface area contributed by atoms with E-state index in [4.69, 9.17) is 28.4 Å². The fourth-order valence-corrected chi connectivity index (χ4v) is 9.21. The van der Waals surface area contributed by atoms with Crippen LogP contribution in [0.4, 0.5) is 0 Å². The maximum atomic E-state index is 14.3. The number of likely N-dealkylation sites (N-methyl/N-ethyl adjacent to an activating group) is 1. The first-order chi connectivity index (χ1) is 25.9. The highest BCUT2D eigenvalue weighted by Gasteiger charge is 2.58. The Morgan fingerprint density at radius 2 is 1.61 bits per heavy atom. The highest BCUT2D eigenvalue weighted by Crippen LogP contribution is 2.43. The van der Waals surface area contributed by atoms with E-state index in [1.165, 1.54) is 14.0 Å². The van der Waals surface area contributed by atoms with E-state index in [0.717, 1.165) is 6.42 Å². The number of aliphatic hydroxyl groups excluding tert-OH is 2. The summed E-state index contributed by atoms with van der Waals surface area (Å²) in [5, 5.41) is 65.8. The lowest BCUT2D eigenvalue weighted by Crippen LogP contribution is -2.70. The topological polar surface area (TPSA) is 201 Å². The van der Waals surface area contributed by atoms with Crippen LogP contribution in [0.2, 0.25) is 0 Å². The molecule has 0 aromatic carbocycles. The normalized spacial score (nSPS) is 47.9. The second kappa shape index (κ2) is 20.0. The average Bonchev–Trinajstić information content (AvgIpc) is 3.12. The van der Waals surface area contributed by atoms with Gasteiger partial charge in [0.2, 0.25) is 0 Å². The van der Waals surface area contributed by atoms with Gasteiger partial charge in [0.25, 0.3) is 0 Å². The quantitative estimate of drug-likeness (QED) is 0.118. The fourth-order valence-electron chi connectivity index (χ4n) is 9.21. The zero-order chi connectivity index (χ0) is 42.6. The summed E-state index contributed by atoms with van der Waals surface area (Å²) in [7, 11) is 5.31. The molecule has 0 saturated carbocycles. The summed E-state index contributed by atoms with van der Waals surface area (Å²) in [5.74, 6) is -2.66. The molecule has 3 aliphatic heterocycles. The number of nitrogens with one attached hydrogen (secondary N) is 2. The van der Waals surface area contributed by atoms with Crippen LogP contribution in [-0.4, -0.2) is 167 Å². The lowest BCUT2D eigenvalue weighted by atomic mass is 9.75. The molecule has 15 heteroatoms. The zero-order valence-corrected chi connectivity index (χ0v) is 36.8. The molecule has 56 heavy (non-hydrogen) atoms. The second-order valence-corrected chi connectivity index (χ2v) is 18.2. The molecule has 3 heterocycles. The minimum absolute atomic E-state index is 0.0939. The summed E-state index contributed by atoms with van der Waals surface area (Å²) in [6.07, 6.45) is -6.71. The van der Waals surface area contributed by atoms with Gasteiger partial charge >= 0.3 is 5.97 Å². The largest absolute Gasteiger partial charge is 0.459 e. The Kier molecular flexibility index (Phi) is 17.6. The maximum absolute atomic E-state index is 14.3. The number of carbonyl (C=O) groups is 1. The van der Waals surface area contributed by atoms with Crippen LogP contribution in [0.1, 0.15) is 108 Å². The van der Waals surface area contributed by atoms with Gasteiger partial charge in [0, 0.05) is 38.1 Å². The molecule has 0 aliphatic carbocycles. The molecule has 15 nitrogen and oxygen atoms in total. The molecular weight excluding hydrogens is 726 g/mol. The molecule has 7 N–H and O–H groups in total. The summed E-state index contributed by atoms with van der Waals surface area (Å²) in [4.78, 5) is 16.2. The van der Waals surface area contributed by atoms with Crippen LogP contribution in [0.3, 0.4) is 0 Å². The standard InChI is InChI=1S/C41H79N3O12/c1-15-17-42-22-41(50)28(8)53-31(20-39(41,10)51-14)55-33-25(5)35(56-37-32(45)29(44(12)13)18-24(4)52-37)38(9,48)19-23(3)21-43-27(7)34(46)40(11,49)30(16-2)54-36(47)26(33)6/h23-35,37,42-43,45-46,48-50H,15-22H2,1-14H3/t23-,24-,25?,26-,27-,28-,29+,30-,31-,32-,33+,34-,35-,37+,38-,39+,40-,41-/m1/s1. The van der Waals surface area contributed by atoms with Crippen LogP contribution in [0, 0.1) is 17.8 Å². The smallest absolute Gasteiger partial charge is 0.311 e. The molecule has 3 rings (SSSR count). The average molecular weight is 806 g/mol. The number of hydrogen-bond acceptors (Lipinski definition) is 15. The van der Waals surface area contributed by atoms with Gasteiger partial charge in [-0.1, -0.05) is 27.7 Å². The number of ether oxygens (including phenoxy) is 6. The van der Waals surface area contributed by atoms with Gasteiger partial charge in [-0.25, -0.2) is 0 Å². The molecule has 3 fully saturated rings. The van der Waals surface area contributed by atoms with Crippen molar-refractivity contribution < 1.29 is 58.7 Å². The molecule has 0 spiro atoms. The van der Waals surface area contributed by atoms with Crippen molar-refractivity contribution in [1.82, 2.24) is 15.5 Å².